The van der Waals surface area contributed by atoms with Crippen molar-refractivity contribution >= 4 is 5.97 Å². The first-order valence-electron chi connectivity index (χ1n) is 5.26. The maximum atomic E-state index is 11.2. The molecule has 0 unspecified atom stereocenters. The maximum absolute atomic E-state index is 11.2. The monoisotopic (exact) mass is 198 g/mol. The number of allylic oxidation sites excluding steroid dienone is 1. The number of ether oxygens (including phenoxy) is 1. The zero-order valence-electron chi connectivity index (χ0n) is 8.82. The van der Waals surface area contributed by atoms with Crippen LogP contribution in [0, 0.1) is 0 Å². The molecule has 1 aliphatic rings. The molecule has 14 heavy (non-hydrogen) atoms. The minimum Gasteiger partial charge on any atom is -0.456 e. The molecular formula is C11H18O3. The Morgan fingerprint density at radius 1 is 1.50 bits per heavy atom. The van der Waals surface area contributed by atoms with Crippen molar-refractivity contribution in [3.8, 4) is 0 Å². The van der Waals surface area contributed by atoms with Crippen LogP contribution < -0.4 is 0 Å². The maximum Gasteiger partial charge on any atom is 0.336 e. The van der Waals surface area contributed by atoms with E-state index in [4.69, 9.17) is 4.74 Å². The molecule has 1 aliphatic heterocycles. The number of aliphatic hydroxyl groups excluding tert-OH is 1. The Morgan fingerprint density at radius 3 is 2.71 bits per heavy atom. The number of carbonyl (C=O) groups excluding carboxylic acids is 1. The quantitative estimate of drug-likeness (QED) is 0.425. The van der Waals surface area contributed by atoms with Crippen LogP contribution in [-0.2, 0) is 9.53 Å². The number of hydrogen-bond donors (Lipinski definition) is 1. The molecule has 0 amide bonds. The molecule has 0 spiro atoms. The number of unbranched alkanes of at least 4 members (excludes halogenated alkanes) is 3. The highest BCUT2D eigenvalue weighted by molar-refractivity contribution is 5.92. The molecular weight excluding hydrogens is 180 g/mol. The van der Waals surface area contributed by atoms with Crippen molar-refractivity contribution in [2.75, 3.05) is 0 Å². The van der Waals surface area contributed by atoms with Crippen molar-refractivity contribution in [3.05, 3.63) is 11.6 Å². The lowest BCUT2D eigenvalue weighted by Crippen LogP contribution is -2.17. The van der Waals surface area contributed by atoms with E-state index in [1.165, 1.54) is 0 Å². The van der Waals surface area contributed by atoms with Crippen LogP contribution >= 0.6 is 0 Å². The predicted octanol–water partition coefficient (Wildman–Crippen LogP) is 1.80. The number of carbonyl (C=O) groups is 1. The third kappa shape index (κ3) is 2.58. The van der Waals surface area contributed by atoms with Gasteiger partial charge in [-0.25, -0.2) is 4.79 Å². The van der Waals surface area contributed by atoms with E-state index in [1.807, 2.05) is 6.08 Å². The highest BCUT2D eigenvalue weighted by Crippen LogP contribution is 2.21. The average molecular weight is 198 g/mol. The van der Waals surface area contributed by atoms with Crippen LogP contribution in [-0.4, -0.2) is 23.3 Å². The Hall–Kier alpha value is -0.830. The minimum absolute atomic E-state index is 0.360. The number of rotatable bonds is 4. The van der Waals surface area contributed by atoms with Gasteiger partial charge in [0, 0.05) is 0 Å². The Balaban J connectivity index is 2.45. The number of esters is 1. The largest absolute Gasteiger partial charge is 0.456 e. The summed E-state index contributed by atoms with van der Waals surface area (Å²) in [5.41, 5.74) is 0.439. The topological polar surface area (TPSA) is 46.5 Å². The van der Waals surface area contributed by atoms with Crippen molar-refractivity contribution < 1.29 is 14.6 Å². The fourth-order valence-corrected chi connectivity index (χ4v) is 1.53. The highest BCUT2D eigenvalue weighted by atomic mass is 16.6. The first-order chi connectivity index (χ1) is 6.66. The lowest BCUT2D eigenvalue weighted by atomic mass is 10.1. The third-order valence-corrected chi connectivity index (χ3v) is 2.46. The molecule has 0 radical (unpaired) electrons. The van der Waals surface area contributed by atoms with Gasteiger partial charge < -0.3 is 9.84 Å². The second-order valence-electron chi connectivity index (χ2n) is 3.71. The lowest BCUT2D eigenvalue weighted by molar-refractivity contribution is -0.138. The molecule has 0 bridgehead atoms. The molecule has 0 saturated carbocycles. The van der Waals surface area contributed by atoms with Crippen LogP contribution in [0.3, 0.4) is 0 Å². The SMILES string of the molecule is CCCCC/C=C1\C(=O)O[C@H](C)[C@@H]1O. The summed E-state index contributed by atoms with van der Waals surface area (Å²) in [6.45, 7) is 3.84. The summed E-state index contributed by atoms with van der Waals surface area (Å²) in [5.74, 6) is -0.360. The Labute approximate surface area is 84.8 Å². The molecule has 1 fully saturated rings. The Bertz CT molecular complexity index is 233. The van der Waals surface area contributed by atoms with E-state index in [2.05, 4.69) is 6.92 Å². The molecule has 3 heteroatoms. The van der Waals surface area contributed by atoms with Gasteiger partial charge in [0.05, 0.1) is 5.57 Å². The fourth-order valence-electron chi connectivity index (χ4n) is 1.53. The van der Waals surface area contributed by atoms with Gasteiger partial charge in [-0.15, -0.1) is 0 Å². The van der Waals surface area contributed by atoms with Gasteiger partial charge in [-0.1, -0.05) is 25.8 Å². The third-order valence-electron chi connectivity index (χ3n) is 2.46. The Morgan fingerprint density at radius 2 is 2.21 bits per heavy atom. The van der Waals surface area contributed by atoms with Gasteiger partial charge in [0.1, 0.15) is 12.2 Å². The summed E-state index contributed by atoms with van der Waals surface area (Å²) in [5, 5.41) is 9.57. The Kier molecular flexibility index (Phi) is 4.14. The van der Waals surface area contributed by atoms with Crippen molar-refractivity contribution in [2.45, 2.75) is 51.7 Å². The van der Waals surface area contributed by atoms with Crippen LogP contribution in [0.1, 0.15) is 39.5 Å². The molecule has 3 nitrogen and oxygen atoms in total. The molecule has 1 rings (SSSR count). The van der Waals surface area contributed by atoms with Crippen LogP contribution in [0.5, 0.6) is 0 Å². The van der Waals surface area contributed by atoms with Crippen LogP contribution in [0.2, 0.25) is 0 Å². The van der Waals surface area contributed by atoms with Crippen LogP contribution in [0.4, 0.5) is 0 Å². The van der Waals surface area contributed by atoms with Gasteiger partial charge in [-0.05, 0) is 19.8 Å². The van der Waals surface area contributed by atoms with Gasteiger partial charge >= 0.3 is 5.97 Å². The first-order valence-corrected chi connectivity index (χ1v) is 5.26. The number of cyclic esters (lactones) is 1. The van der Waals surface area contributed by atoms with Gasteiger partial charge in [-0.2, -0.15) is 0 Å². The van der Waals surface area contributed by atoms with E-state index < -0.39 is 6.10 Å². The zero-order valence-corrected chi connectivity index (χ0v) is 8.82. The van der Waals surface area contributed by atoms with E-state index in [0.717, 1.165) is 25.7 Å². The lowest BCUT2D eigenvalue weighted by Gasteiger charge is -2.04. The zero-order chi connectivity index (χ0) is 10.6. The summed E-state index contributed by atoms with van der Waals surface area (Å²) in [6, 6.07) is 0. The molecule has 2 atom stereocenters. The second kappa shape index (κ2) is 5.15. The average Bonchev–Trinajstić information content (AvgIpc) is 2.38. The molecule has 0 aromatic heterocycles. The summed E-state index contributed by atoms with van der Waals surface area (Å²) in [4.78, 5) is 11.2. The minimum atomic E-state index is -0.732. The normalized spacial score (nSPS) is 29.6. The predicted molar refractivity (Wildman–Crippen MR) is 53.8 cm³/mol. The molecule has 0 aromatic carbocycles. The van der Waals surface area contributed by atoms with Crippen molar-refractivity contribution in [3.63, 3.8) is 0 Å². The van der Waals surface area contributed by atoms with Crippen molar-refractivity contribution in [2.24, 2.45) is 0 Å². The fraction of sp³-hybridized carbons (Fsp3) is 0.727. The summed E-state index contributed by atoms with van der Waals surface area (Å²) >= 11 is 0. The van der Waals surface area contributed by atoms with Gasteiger partial charge in [0.25, 0.3) is 0 Å². The van der Waals surface area contributed by atoms with E-state index in [-0.39, 0.29) is 12.1 Å². The number of aliphatic hydroxyl groups is 1. The standard InChI is InChI=1S/C11H18O3/c1-3-4-5-6-7-9-10(12)8(2)14-11(9)13/h7-8,10,12H,3-6H2,1-2H3/b9-7-/t8-,10+/m1/s1. The van der Waals surface area contributed by atoms with Gasteiger partial charge in [-0.3, -0.25) is 0 Å². The van der Waals surface area contributed by atoms with Crippen LogP contribution in [0.25, 0.3) is 0 Å². The van der Waals surface area contributed by atoms with E-state index in [0.29, 0.717) is 5.57 Å². The smallest absolute Gasteiger partial charge is 0.336 e. The second-order valence-corrected chi connectivity index (χ2v) is 3.71. The summed E-state index contributed by atoms with van der Waals surface area (Å²) in [7, 11) is 0. The first kappa shape index (κ1) is 11.2. The summed E-state index contributed by atoms with van der Waals surface area (Å²) < 4.78 is 4.89. The van der Waals surface area contributed by atoms with E-state index in [1.54, 1.807) is 6.92 Å². The van der Waals surface area contributed by atoms with Crippen molar-refractivity contribution in [1.29, 1.82) is 0 Å². The molecule has 80 valence electrons. The molecule has 0 aromatic rings. The van der Waals surface area contributed by atoms with Crippen LogP contribution in [0.15, 0.2) is 11.6 Å². The van der Waals surface area contributed by atoms with Gasteiger partial charge in [0.15, 0.2) is 0 Å². The highest BCUT2D eigenvalue weighted by Gasteiger charge is 2.34. The van der Waals surface area contributed by atoms with E-state index >= 15 is 0 Å². The molecule has 1 saturated heterocycles. The van der Waals surface area contributed by atoms with Crippen molar-refractivity contribution in [1.82, 2.24) is 0 Å². The van der Waals surface area contributed by atoms with Gasteiger partial charge in [0.2, 0.25) is 0 Å². The molecule has 1 heterocycles. The van der Waals surface area contributed by atoms with E-state index in [9.17, 15) is 9.90 Å². The number of hydrogen-bond acceptors (Lipinski definition) is 3. The molecule has 0 aliphatic carbocycles. The summed E-state index contributed by atoms with van der Waals surface area (Å²) in [6.07, 6.45) is 4.92. The molecule has 1 N–H and O–H groups in total.